The molecule has 1 fully saturated rings. The highest BCUT2D eigenvalue weighted by Crippen LogP contribution is 2.23. The van der Waals surface area contributed by atoms with Gasteiger partial charge in [0.25, 0.3) is 0 Å². The van der Waals surface area contributed by atoms with E-state index in [-0.39, 0.29) is 0 Å². The number of hydrogen-bond donors (Lipinski definition) is 0. The zero-order valence-electron chi connectivity index (χ0n) is 2.41. The van der Waals surface area contributed by atoms with Gasteiger partial charge in [0.1, 0.15) is 0 Å². The van der Waals surface area contributed by atoms with Crippen molar-refractivity contribution in [2.75, 3.05) is 0 Å². The Balaban J connectivity index is 2.60. The molecule has 0 N–H and O–H groups in total. The maximum absolute atomic E-state index is 6.61. The first kappa shape index (κ1) is 2.01. The fourth-order valence-corrected chi connectivity index (χ4v) is 0.0625. The number of rotatable bonds is 0. The second-order valence-corrected chi connectivity index (χ2v) is 1.10. The molecular formula is C4H4. The molecule has 1 saturated carbocycles. The van der Waals surface area contributed by atoms with Gasteiger partial charge in [0, 0.05) is 0 Å². The minimum absolute atomic E-state index is 0.917. The van der Waals surface area contributed by atoms with Gasteiger partial charge in [-0.1, -0.05) is 5.57 Å². The van der Waals surface area contributed by atoms with E-state index in [2.05, 4.69) is 0 Å². The smallest absolute Gasteiger partial charge is 0.0108 e. The van der Waals surface area contributed by atoms with Crippen LogP contribution in [0.15, 0.2) is 5.57 Å². The topological polar surface area (TPSA) is 0 Å². The van der Waals surface area contributed by atoms with Crippen LogP contribution in [0, 0.1) is 6.58 Å². The van der Waals surface area contributed by atoms with Crippen LogP contribution >= 0.6 is 0 Å². The molecule has 0 amide bonds. The molecule has 1 aliphatic carbocycles. The van der Waals surface area contributed by atoms with Crippen LogP contribution in [-0.4, -0.2) is 0 Å². The monoisotopic (exact) mass is 52.0 g/mol. The molecule has 0 heteroatoms. The van der Waals surface area contributed by atoms with Crippen LogP contribution in [0.2, 0.25) is 0 Å². The standard InChI is InChI=1S/C4H4/c1-4-2-3-4/h2-3H2. The zero-order valence-corrected chi connectivity index (χ0v) is 2.41. The summed E-state index contributed by atoms with van der Waals surface area (Å²) in [5.74, 6) is 0. The van der Waals surface area contributed by atoms with Crippen molar-refractivity contribution in [3.05, 3.63) is 12.2 Å². The average Bonchev–Trinajstić information content (AvgIpc) is 1.75. The van der Waals surface area contributed by atoms with E-state index >= 15 is 0 Å². The van der Waals surface area contributed by atoms with Gasteiger partial charge in [0.15, 0.2) is 0 Å². The summed E-state index contributed by atoms with van der Waals surface area (Å²) < 4.78 is 0. The van der Waals surface area contributed by atoms with Crippen LogP contribution in [0.5, 0.6) is 0 Å². The van der Waals surface area contributed by atoms with E-state index in [0.717, 1.165) is 18.4 Å². The molecule has 0 aliphatic heterocycles. The molecule has 0 bridgehead atoms. The van der Waals surface area contributed by atoms with Gasteiger partial charge < -0.3 is 0 Å². The molecule has 0 heterocycles. The Bertz CT molecular complexity index is 38.0. The fraction of sp³-hybridized carbons (Fsp3) is 0.500. The second kappa shape index (κ2) is 0.369. The van der Waals surface area contributed by atoms with Crippen LogP contribution < -0.4 is 0 Å². The summed E-state index contributed by atoms with van der Waals surface area (Å²) in [6.45, 7) is 6.61. The third-order valence-corrected chi connectivity index (χ3v) is 0.500. The summed E-state index contributed by atoms with van der Waals surface area (Å²) >= 11 is 0. The molecule has 0 saturated heterocycles. The summed E-state index contributed by atoms with van der Waals surface area (Å²) in [6, 6.07) is 0. The summed E-state index contributed by atoms with van der Waals surface area (Å²) in [5.41, 5.74) is 0.917. The first-order valence-corrected chi connectivity index (χ1v) is 1.46. The van der Waals surface area contributed by atoms with Crippen LogP contribution in [0.1, 0.15) is 12.8 Å². The molecular weight excluding hydrogens is 48.0 g/mol. The van der Waals surface area contributed by atoms with E-state index in [1.54, 1.807) is 0 Å². The molecule has 0 spiro atoms. The molecule has 1 rings (SSSR count). The van der Waals surface area contributed by atoms with E-state index in [9.17, 15) is 0 Å². The minimum atomic E-state index is 0.917. The van der Waals surface area contributed by atoms with Gasteiger partial charge in [-0.15, -0.1) is 0 Å². The van der Waals surface area contributed by atoms with Gasteiger partial charge >= 0.3 is 0 Å². The van der Waals surface area contributed by atoms with Gasteiger partial charge in [-0.05, 0) is 19.4 Å². The highest BCUT2D eigenvalue weighted by Gasteiger charge is 2.05. The Morgan fingerprint density at radius 2 is 1.75 bits per heavy atom. The maximum Gasteiger partial charge on any atom is -0.0108 e. The van der Waals surface area contributed by atoms with Crippen molar-refractivity contribution < 1.29 is 0 Å². The molecule has 4 heavy (non-hydrogen) atoms. The Hall–Kier alpha value is -0.260. The quantitative estimate of drug-likeness (QED) is 0.386. The molecule has 0 nitrogen and oxygen atoms in total. The van der Waals surface area contributed by atoms with E-state index in [0.29, 0.717) is 0 Å². The zero-order chi connectivity index (χ0) is 2.99. The molecule has 0 atom stereocenters. The summed E-state index contributed by atoms with van der Waals surface area (Å²) in [5, 5.41) is 0. The lowest BCUT2D eigenvalue weighted by Gasteiger charge is -1.32. The van der Waals surface area contributed by atoms with Crippen LogP contribution in [-0.2, 0) is 0 Å². The first-order valence-electron chi connectivity index (χ1n) is 1.46. The van der Waals surface area contributed by atoms with Crippen molar-refractivity contribution in [3.8, 4) is 0 Å². The van der Waals surface area contributed by atoms with E-state index in [1.807, 2.05) is 0 Å². The normalized spacial score (nSPS) is 21.5. The molecule has 0 aromatic carbocycles. The lowest BCUT2D eigenvalue weighted by Crippen LogP contribution is -1.13. The summed E-state index contributed by atoms with van der Waals surface area (Å²) in [7, 11) is 0. The fourth-order valence-electron chi connectivity index (χ4n) is 0.0625. The maximum atomic E-state index is 6.61. The van der Waals surface area contributed by atoms with Gasteiger partial charge in [-0.2, -0.15) is 0 Å². The van der Waals surface area contributed by atoms with Crippen molar-refractivity contribution in [2.24, 2.45) is 0 Å². The molecule has 0 unspecified atom stereocenters. The van der Waals surface area contributed by atoms with Gasteiger partial charge in [0.05, 0.1) is 0 Å². The third-order valence-electron chi connectivity index (χ3n) is 0.500. The third kappa shape index (κ3) is 0.127. The average molecular weight is 52.1 g/mol. The van der Waals surface area contributed by atoms with E-state index in [4.69, 9.17) is 6.58 Å². The lowest BCUT2D eigenvalue weighted by molar-refractivity contribution is 1.50. The highest BCUT2D eigenvalue weighted by molar-refractivity contribution is 5.07. The molecule has 0 aromatic heterocycles. The van der Waals surface area contributed by atoms with Crippen molar-refractivity contribution in [3.63, 3.8) is 0 Å². The second-order valence-electron chi connectivity index (χ2n) is 1.10. The van der Waals surface area contributed by atoms with Crippen molar-refractivity contribution in [2.45, 2.75) is 12.8 Å². The highest BCUT2D eigenvalue weighted by atomic mass is 14.1. The largest absolute Gasteiger partial charge is 0.0611 e. The minimum Gasteiger partial charge on any atom is -0.0611 e. The van der Waals surface area contributed by atoms with Crippen LogP contribution in [0.25, 0.3) is 0 Å². The van der Waals surface area contributed by atoms with E-state index in [1.165, 1.54) is 0 Å². The number of allylic oxidation sites excluding steroid dienone is 1. The summed E-state index contributed by atoms with van der Waals surface area (Å²) in [6.07, 6.45) is 2.14. The van der Waals surface area contributed by atoms with Crippen molar-refractivity contribution in [1.29, 1.82) is 0 Å². The number of hydrogen-bond acceptors (Lipinski definition) is 0. The Labute approximate surface area is 26.1 Å². The SMILES string of the molecule is [C]=C1CC1. The summed E-state index contributed by atoms with van der Waals surface area (Å²) in [4.78, 5) is 0. The Kier molecular flexibility index (Phi) is 0.185. The predicted molar refractivity (Wildman–Crippen MR) is 16.0 cm³/mol. The predicted octanol–water partition coefficient (Wildman–Crippen LogP) is 1.02. The first-order chi connectivity index (χ1) is 1.89. The molecule has 20 valence electrons. The van der Waals surface area contributed by atoms with E-state index < -0.39 is 0 Å². The lowest BCUT2D eigenvalue weighted by atomic mass is 10.7. The van der Waals surface area contributed by atoms with Crippen LogP contribution in [0.4, 0.5) is 0 Å². The van der Waals surface area contributed by atoms with Gasteiger partial charge in [-0.25, -0.2) is 0 Å². The molecule has 0 aromatic rings. The van der Waals surface area contributed by atoms with Gasteiger partial charge in [0.2, 0.25) is 0 Å². The Morgan fingerprint density at radius 3 is 1.75 bits per heavy atom. The molecule has 1 aliphatic rings. The van der Waals surface area contributed by atoms with Crippen molar-refractivity contribution >= 4 is 0 Å². The Morgan fingerprint density at radius 1 is 1.50 bits per heavy atom. The molecule has 2 radical (unpaired) electrons. The van der Waals surface area contributed by atoms with Gasteiger partial charge in [-0.3, -0.25) is 0 Å². The van der Waals surface area contributed by atoms with Crippen molar-refractivity contribution in [1.82, 2.24) is 0 Å². The van der Waals surface area contributed by atoms with Crippen LogP contribution in [0.3, 0.4) is 0 Å².